The van der Waals surface area contributed by atoms with Crippen LogP contribution in [-0.2, 0) is 20.2 Å². The molecule has 18 heavy (non-hydrogen) atoms. The second-order valence-electron chi connectivity index (χ2n) is 3.40. The Morgan fingerprint density at radius 3 is 1.89 bits per heavy atom. The minimum Gasteiger partial charge on any atom is -0.379 e. The van der Waals surface area contributed by atoms with E-state index in [0.29, 0.717) is 6.29 Å². The van der Waals surface area contributed by atoms with E-state index < -0.39 is 20.2 Å². The van der Waals surface area contributed by atoms with Gasteiger partial charge in [0, 0.05) is 5.56 Å². The molecule has 0 spiro atoms. The van der Waals surface area contributed by atoms with Crippen LogP contribution in [0.5, 0.6) is 11.5 Å². The van der Waals surface area contributed by atoms with E-state index in [4.69, 9.17) is 0 Å². The van der Waals surface area contributed by atoms with Gasteiger partial charge in [0.2, 0.25) is 0 Å². The fourth-order valence-corrected chi connectivity index (χ4v) is 1.98. The Kier molecular flexibility index (Phi) is 3.97. The summed E-state index contributed by atoms with van der Waals surface area (Å²) in [4.78, 5) is 10.6. The Bertz CT molecular complexity index is 658. The lowest BCUT2D eigenvalue weighted by Gasteiger charge is -2.09. The van der Waals surface area contributed by atoms with E-state index in [1.165, 1.54) is 6.07 Å². The zero-order chi connectivity index (χ0) is 14.0. The van der Waals surface area contributed by atoms with Crippen molar-refractivity contribution in [2.45, 2.75) is 0 Å². The van der Waals surface area contributed by atoms with Crippen molar-refractivity contribution in [1.29, 1.82) is 0 Å². The van der Waals surface area contributed by atoms with E-state index in [1.54, 1.807) is 0 Å². The summed E-state index contributed by atoms with van der Waals surface area (Å²) in [7, 11) is -7.71. The van der Waals surface area contributed by atoms with Crippen LogP contribution in [0.3, 0.4) is 0 Å². The van der Waals surface area contributed by atoms with Crippen molar-refractivity contribution < 1.29 is 30.0 Å². The van der Waals surface area contributed by atoms with Gasteiger partial charge in [-0.15, -0.1) is 0 Å². The molecule has 0 N–H and O–H groups in total. The van der Waals surface area contributed by atoms with Crippen LogP contribution >= 0.6 is 0 Å². The Labute approximate surface area is 105 Å². The van der Waals surface area contributed by atoms with Crippen molar-refractivity contribution in [3.8, 4) is 11.5 Å². The summed E-state index contributed by atoms with van der Waals surface area (Å²) < 4.78 is 53.0. The van der Waals surface area contributed by atoms with Crippen LogP contribution in [-0.4, -0.2) is 35.6 Å². The van der Waals surface area contributed by atoms with Crippen LogP contribution in [0.15, 0.2) is 18.2 Å². The molecular formula is C9H10O7S2. The van der Waals surface area contributed by atoms with Crippen molar-refractivity contribution in [3.63, 3.8) is 0 Å². The molecule has 0 atom stereocenters. The number of carbonyl (C=O) groups is 1. The summed E-state index contributed by atoms with van der Waals surface area (Å²) in [6, 6.07) is 3.46. The van der Waals surface area contributed by atoms with Crippen LogP contribution in [0, 0.1) is 0 Å². The molecule has 0 saturated heterocycles. The Hall–Kier alpha value is -1.61. The van der Waals surface area contributed by atoms with Gasteiger partial charge in [-0.2, -0.15) is 16.8 Å². The molecule has 0 radical (unpaired) electrons. The molecule has 7 nitrogen and oxygen atoms in total. The number of rotatable bonds is 5. The van der Waals surface area contributed by atoms with Crippen LogP contribution in [0.2, 0.25) is 0 Å². The second-order valence-corrected chi connectivity index (χ2v) is 6.55. The standard InChI is InChI=1S/C9H10O7S2/c1-17(11,12)15-8-4-3-7(6-10)5-9(8)16-18(2,13)14/h3-6H,1-2H3. The number of hydrogen-bond donors (Lipinski definition) is 0. The smallest absolute Gasteiger partial charge is 0.306 e. The number of benzene rings is 1. The molecule has 0 amide bonds. The summed E-state index contributed by atoms with van der Waals surface area (Å²) in [6.45, 7) is 0. The molecular weight excluding hydrogens is 284 g/mol. The molecule has 0 saturated carbocycles. The van der Waals surface area contributed by atoms with E-state index in [0.717, 1.165) is 24.6 Å². The monoisotopic (exact) mass is 294 g/mol. The molecule has 0 bridgehead atoms. The van der Waals surface area contributed by atoms with Crippen molar-refractivity contribution in [1.82, 2.24) is 0 Å². The Morgan fingerprint density at radius 1 is 0.944 bits per heavy atom. The highest BCUT2D eigenvalue weighted by atomic mass is 32.2. The highest BCUT2D eigenvalue weighted by Gasteiger charge is 2.15. The summed E-state index contributed by atoms with van der Waals surface area (Å²) in [6.07, 6.45) is 2.04. The topological polar surface area (TPSA) is 104 Å². The van der Waals surface area contributed by atoms with Crippen LogP contribution in [0.25, 0.3) is 0 Å². The van der Waals surface area contributed by atoms with Gasteiger partial charge in [-0.05, 0) is 18.2 Å². The third-order valence-electron chi connectivity index (χ3n) is 1.59. The highest BCUT2D eigenvalue weighted by molar-refractivity contribution is 7.86. The molecule has 1 rings (SSSR count). The van der Waals surface area contributed by atoms with Crippen LogP contribution in [0.1, 0.15) is 10.4 Å². The van der Waals surface area contributed by atoms with Gasteiger partial charge >= 0.3 is 20.2 Å². The average molecular weight is 294 g/mol. The minimum absolute atomic E-state index is 0.120. The van der Waals surface area contributed by atoms with Crippen molar-refractivity contribution in [2.75, 3.05) is 12.5 Å². The van der Waals surface area contributed by atoms with Crippen molar-refractivity contribution in [3.05, 3.63) is 23.8 Å². The number of hydrogen-bond acceptors (Lipinski definition) is 7. The molecule has 0 fully saturated rings. The maximum absolute atomic E-state index is 11.0. The number of aldehydes is 1. The highest BCUT2D eigenvalue weighted by Crippen LogP contribution is 2.30. The number of carbonyl (C=O) groups excluding carboxylic acids is 1. The predicted octanol–water partition coefficient (Wildman–Crippen LogP) is 0.176. The van der Waals surface area contributed by atoms with E-state index in [2.05, 4.69) is 8.37 Å². The first-order chi connectivity index (χ1) is 8.11. The first-order valence-corrected chi connectivity index (χ1v) is 8.12. The first kappa shape index (κ1) is 14.5. The largest absolute Gasteiger partial charge is 0.379 e. The van der Waals surface area contributed by atoms with E-state index >= 15 is 0 Å². The molecule has 9 heteroatoms. The quantitative estimate of drug-likeness (QED) is 0.563. The molecule has 0 aliphatic heterocycles. The Balaban J connectivity index is 3.29. The maximum Gasteiger partial charge on any atom is 0.306 e. The van der Waals surface area contributed by atoms with Gasteiger partial charge in [-0.3, -0.25) is 4.79 Å². The fraction of sp³-hybridized carbons (Fsp3) is 0.222. The molecule has 0 aliphatic carbocycles. The molecule has 1 aromatic carbocycles. The normalized spacial score (nSPS) is 11.9. The SMILES string of the molecule is CS(=O)(=O)Oc1ccc(C=O)cc1OS(C)(=O)=O. The molecule has 0 heterocycles. The van der Waals surface area contributed by atoms with Crippen LogP contribution in [0.4, 0.5) is 0 Å². The lowest BCUT2D eigenvalue weighted by Crippen LogP contribution is -2.10. The third-order valence-corrected chi connectivity index (χ3v) is 2.55. The van der Waals surface area contributed by atoms with E-state index in [9.17, 15) is 21.6 Å². The van der Waals surface area contributed by atoms with Crippen LogP contribution < -0.4 is 8.37 Å². The van der Waals surface area contributed by atoms with Gasteiger partial charge in [0.25, 0.3) is 0 Å². The molecule has 100 valence electrons. The third kappa shape index (κ3) is 4.72. The zero-order valence-corrected chi connectivity index (χ0v) is 11.1. The van der Waals surface area contributed by atoms with Crippen molar-refractivity contribution in [2.24, 2.45) is 0 Å². The summed E-state index contributed by atoms with van der Waals surface area (Å²) >= 11 is 0. The fourth-order valence-electron chi connectivity index (χ4n) is 1.06. The van der Waals surface area contributed by atoms with Gasteiger partial charge in [0.1, 0.15) is 6.29 Å². The Morgan fingerprint density at radius 2 is 1.44 bits per heavy atom. The van der Waals surface area contributed by atoms with Gasteiger partial charge < -0.3 is 8.37 Å². The first-order valence-electron chi connectivity index (χ1n) is 4.49. The minimum atomic E-state index is -3.87. The summed E-state index contributed by atoms with van der Waals surface area (Å²) in [5, 5.41) is 0. The molecule has 0 unspecified atom stereocenters. The van der Waals surface area contributed by atoms with Crippen molar-refractivity contribution >= 4 is 26.5 Å². The molecule has 1 aromatic rings. The summed E-state index contributed by atoms with van der Waals surface area (Å²) in [5.41, 5.74) is 0.120. The van der Waals surface area contributed by atoms with Gasteiger partial charge in [-0.1, -0.05) is 0 Å². The van der Waals surface area contributed by atoms with E-state index in [1.807, 2.05) is 0 Å². The summed E-state index contributed by atoms with van der Waals surface area (Å²) in [5.74, 6) is -0.680. The van der Waals surface area contributed by atoms with E-state index in [-0.39, 0.29) is 17.1 Å². The average Bonchev–Trinajstić information content (AvgIpc) is 2.16. The zero-order valence-electron chi connectivity index (χ0n) is 9.48. The van der Waals surface area contributed by atoms with Gasteiger partial charge in [-0.25, -0.2) is 0 Å². The molecule has 0 aliphatic rings. The lowest BCUT2D eigenvalue weighted by atomic mass is 10.2. The maximum atomic E-state index is 11.0. The van der Waals surface area contributed by atoms with Gasteiger partial charge in [0.15, 0.2) is 11.5 Å². The van der Waals surface area contributed by atoms with Gasteiger partial charge in [0.05, 0.1) is 12.5 Å². The lowest BCUT2D eigenvalue weighted by molar-refractivity contribution is 0.112. The second kappa shape index (κ2) is 4.94. The predicted molar refractivity (Wildman–Crippen MR) is 62.8 cm³/mol. The molecule has 0 aromatic heterocycles.